The molecule has 3 unspecified atom stereocenters. The van der Waals surface area contributed by atoms with E-state index < -0.39 is 57.0 Å². The fourth-order valence-electron chi connectivity index (χ4n) is 4.42. The second-order valence-electron chi connectivity index (χ2n) is 11.4. The molecule has 1 aliphatic rings. The zero-order chi connectivity index (χ0) is 30.9. The van der Waals surface area contributed by atoms with Gasteiger partial charge in [0.2, 0.25) is 6.17 Å². The lowest BCUT2D eigenvalue weighted by molar-refractivity contribution is -0.143. The maximum atomic E-state index is 14.9. The van der Waals surface area contributed by atoms with Gasteiger partial charge in [-0.2, -0.15) is 0 Å². The van der Waals surface area contributed by atoms with Crippen molar-refractivity contribution in [2.45, 2.75) is 70.3 Å². The molecule has 0 aromatic heterocycles. The van der Waals surface area contributed by atoms with E-state index in [1.807, 2.05) is 6.92 Å². The molecule has 7 nitrogen and oxygen atoms in total. The highest BCUT2D eigenvalue weighted by molar-refractivity contribution is 7.84. The Bertz CT molecular complexity index is 1550. The molecule has 3 atom stereocenters. The number of hydrogen-bond acceptors (Lipinski definition) is 4. The van der Waals surface area contributed by atoms with Crippen molar-refractivity contribution in [2.75, 3.05) is 5.32 Å². The number of benzene rings is 3. The summed E-state index contributed by atoms with van der Waals surface area (Å²) in [6.45, 7) is 8.35. The van der Waals surface area contributed by atoms with Gasteiger partial charge < -0.3 is 15.2 Å². The van der Waals surface area contributed by atoms with E-state index in [4.69, 9.17) is 4.74 Å². The van der Waals surface area contributed by atoms with Crippen molar-refractivity contribution >= 4 is 28.5 Å². The second kappa shape index (κ2) is 12.3. The monoisotopic (exact) mass is 602 g/mol. The minimum atomic E-state index is -2.63. The smallest absolute Gasteiger partial charge is 0.340 e. The Kier molecular flexibility index (Phi) is 9.12. The third-order valence-corrected chi connectivity index (χ3v) is 8.48. The molecule has 4 rings (SSSR count). The molecule has 3 aromatic rings. The molecule has 0 saturated heterocycles. The van der Waals surface area contributed by atoms with Crippen molar-refractivity contribution in [3.05, 3.63) is 88.0 Å². The van der Waals surface area contributed by atoms with Gasteiger partial charge in [0.15, 0.2) is 0 Å². The van der Waals surface area contributed by atoms with E-state index in [1.54, 1.807) is 39.8 Å². The summed E-state index contributed by atoms with van der Waals surface area (Å²) in [4.78, 5) is 25.1. The number of carboxylic acids is 1. The molecule has 3 N–H and O–H groups in total. The van der Waals surface area contributed by atoms with Gasteiger partial charge in [-0.15, -0.1) is 0 Å². The number of alkyl halides is 1. The van der Waals surface area contributed by atoms with Gasteiger partial charge in [0.05, 0.1) is 27.3 Å². The van der Waals surface area contributed by atoms with Crippen LogP contribution in [0.3, 0.4) is 0 Å². The molecule has 0 bridgehead atoms. The number of carbonyl (C=O) groups excluding carboxylic acids is 1. The molecule has 1 fully saturated rings. The molecule has 11 heteroatoms. The molecule has 0 aliphatic heterocycles. The van der Waals surface area contributed by atoms with Gasteiger partial charge in [-0.25, -0.2) is 26.9 Å². The number of rotatable bonds is 10. The van der Waals surface area contributed by atoms with Crippen molar-refractivity contribution < 1.29 is 36.8 Å². The highest BCUT2D eigenvalue weighted by Crippen LogP contribution is 2.44. The number of aryl methyl sites for hydroxylation is 2. The zero-order valence-corrected chi connectivity index (χ0v) is 24.7. The minimum absolute atomic E-state index is 0.0511. The highest BCUT2D eigenvalue weighted by atomic mass is 32.2. The summed E-state index contributed by atoms with van der Waals surface area (Å²) >= 11 is 0. The SMILES string of the molecule is Cc1cc(F)ccc1Oc1cc(C2CC2)c(C)cc1C(=O)Nc1ccc(F)c(C(NS(=O)C(C)(C)C)C(F)C(=O)O)c1. The van der Waals surface area contributed by atoms with Gasteiger partial charge in [-0.05, 0) is 119 Å². The first-order valence-electron chi connectivity index (χ1n) is 13.4. The first-order valence-corrected chi connectivity index (χ1v) is 14.5. The number of ether oxygens (including phenoxy) is 1. The number of amides is 1. The highest BCUT2D eigenvalue weighted by Gasteiger charge is 2.35. The van der Waals surface area contributed by atoms with Gasteiger partial charge in [0.25, 0.3) is 5.91 Å². The Hall–Kier alpha value is -3.70. The molecular formula is C31H33F3N2O5S. The largest absolute Gasteiger partial charge is 0.479 e. The Balaban J connectivity index is 1.69. The number of carbonyl (C=O) groups is 2. The van der Waals surface area contributed by atoms with Crippen LogP contribution in [0.4, 0.5) is 18.9 Å². The summed E-state index contributed by atoms with van der Waals surface area (Å²) in [5.41, 5.74) is 2.23. The van der Waals surface area contributed by atoms with Crippen LogP contribution in [0, 0.1) is 25.5 Å². The lowest BCUT2D eigenvalue weighted by atomic mass is 9.99. The molecule has 0 radical (unpaired) electrons. The zero-order valence-electron chi connectivity index (χ0n) is 23.9. The maximum Gasteiger partial charge on any atom is 0.340 e. The average molecular weight is 603 g/mol. The van der Waals surface area contributed by atoms with Gasteiger partial charge in [0.1, 0.15) is 23.1 Å². The Morgan fingerprint density at radius 2 is 1.69 bits per heavy atom. The normalized spacial score (nSPS) is 15.5. The lowest BCUT2D eigenvalue weighted by Crippen LogP contribution is -2.41. The van der Waals surface area contributed by atoms with Gasteiger partial charge in [0, 0.05) is 11.3 Å². The van der Waals surface area contributed by atoms with Crippen LogP contribution in [0.5, 0.6) is 11.5 Å². The van der Waals surface area contributed by atoms with E-state index in [9.17, 15) is 32.1 Å². The van der Waals surface area contributed by atoms with Crippen molar-refractivity contribution in [1.29, 1.82) is 0 Å². The first kappa shape index (κ1) is 31.2. The topological polar surface area (TPSA) is 105 Å². The molecule has 0 heterocycles. The maximum absolute atomic E-state index is 14.9. The summed E-state index contributed by atoms with van der Waals surface area (Å²) in [6, 6.07) is 9.04. The predicted octanol–water partition coefficient (Wildman–Crippen LogP) is 7.02. The van der Waals surface area contributed by atoms with Crippen LogP contribution in [0.25, 0.3) is 0 Å². The number of aliphatic carboxylic acids is 1. The Labute approximate surface area is 245 Å². The minimum Gasteiger partial charge on any atom is -0.479 e. The average Bonchev–Trinajstić information content (AvgIpc) is 3.75. The number of halogens is 3. The van der Waals surface area contributed by atoms with Gasteiger partial charge in [-0.3, -0.25) is 4.79 Å². The van der Waals surface area contributed by atoms with Crippen molar-refractivity contribution in [1.82, 2.24) is 4.72 Å². The van der Waals surface area contributed by atoms with Crippen LogP contribution in [0.1, 0.15) is 78.2 Å². The fraction of sp³-hybridized carbons (Fsp3) is 0.355. The van der Waals surface area contributed by atoms with E-state index >= 15 is 0 Å². The summed E-state index contributed by atoms with van der Waals surface area (Å²) in [7, 11) is -1.94. The van der Waals surface area contributed by atoms with Crippen molar-refractivity contribution in [3.8, 4) is 11.5 Å². The summed E-state index contributed by atoms with van der Waals surface area (Å²) < 4.78 is 63.8. The molecule has 224 valence electrons. The molecule has 42 heavy (non-hydrogen) atoms. The molecule has 3 aromatic carbocycles. The third kappa shape index (κ3) is 7.19. The lowest BCUT2D eigenvalue weighted by Gasteiger charge is -2.26. The molecule has 0 spiro atoms. The van der Waals surface area contributed by atoms with Gasteiger partial charge in [-0.1, -0.05) is 0 Å². The number of carboxylic acid groups (broad SMARTS) is 1. The van der Waals surface area contributed by atoms with E-state index in [1.165, 1.54) is 24.3 Å². The number of nitrogens with one attached hydrogen (secondary N) is 2. The third-order valence-electron chi connectivity index (χ3n) is 6.89. The summed E-state index contributed by atoms with van der Waals surface area (Å²) in [5.74, 6) is -2.90. The summed E-state index contributed by atoms with van der Waals surface area (Å²) in [6.07, 6.45) is -0.602. The van der Waals surface area contributed by atoms with Gasteiger partial charge >= 0.3 is 5.97 Å². The standard InChI is InChI=1S/C31H33F3N2O5S/c1-16-13-23(26(15-21(16)18-6-7-18)41-25-11-8-19(32)12-17(25)2)29(37)35-20-9-10-24(33)22(14-20)28(27(34)30(38)39)36-42(40)31(3,4)5/h8-15,18,27-28,36H,6-7H2,1-5H3,(H,35,37)(H,38,39). The molecule has 1 saturated carbocycles. The number of anilines is 1. The van der Waals surface area contributed by atoms with E-state index in [-0.39, 0.29) is 17.0 Å². The van der Waals surface area contributed by atoms with Crippen LogP contribution in [0.15, 0.2) is 48.5 Å². The molecule has 1 amide bonds. The quantitative estimate of drug-likeness (QED) is 0.231. The van der Waals surface area contributed by atoms with E-state index in [0.717, 1.165) is 36.1 Å². The van der Waals surface area contributed by atoms with Crippen LogP contribution in [-0.2, 0) is 15.8 Å². The van der Waals surface area contributed by atoms with Crippen LogP contribution < -0.4 is 14.8 Å². The Morgan fingerprint density at radius 1 is 1.00 bits per heavy atom. The van der Waals surface area contributed by atoms with Crippen LogP contribution >= 0.6 is 0 Å². The van der Waals surface area contributed by atoms with Crippen LogP contribution in [0.2, 0.25) is 0 Å². The van der Waals surface area contributed by atoms with Crippen molar-refractivity contribution in [2.24, 2.45) is 0 Å². The van der Waals surface area contributed by atoms with Crippen molar-refractivity contribution in [3.63, 3.8) is 0 Å². The Morgan fingerprint density at radius 3 is 2.29 bits per heavy atom. The fourth-order valence-corrected chi connectivity index (χ4v) is 5.25. The van der Waals surface area contributed by atoms with E-state index in [0.29, 0.717) is 17.2 Å². The number of hydrogen-bond donors (Lipinski definition) is 3. The second-order valence-corrected chi connectivity index (χ2v) is 13.4. The molecule has 1 aliphatic carbocycles. The van der Waals surface area contributed by atoms with Crippen LogP contribution in [-0.4, -0.2) is 32.1 Å². The van der Waals surface area contributed by atoms with E-state index in [2.05, 4.69) is 10.0 Å². The molecular weight excluding hydrogens is 569 g/mol. The predicted molar refractivity (Wildman–Crippen MR) is 155 cm³/mol. The first-order chi connectivity index (χ1) is 19.6. The summed E-state index contributed by atoms with van der Waals surface area (Å²) in [5, 5.41) is 12.0.